The smallest absolute Gasteiger partial charge is 0.161 e. The Bertz CT molecular complexity index is 713. The molecule has 4 rings (SSSR count). The molecule has 2 aromatic carbocycles. The molecule has 0 aromatic heterocycles. The molecule has 2 aliphatic heterocycles. The number of methoxy groups -OCH3 is 2. The maximum absolute atomic E-state index is 5.57. The molecule has 2 aromatic rings. The lowest BCUT2D eigenvalue weighted by Gasteiger charge is -2.38. The van der Waals surface area contributed by atoms with E-state index in [0.717, 1.165) is 24.5 Å². The number of benzene rings is 2. The lowest BCUT2D eigenvalue weighted by Crippen LogP contribution is -2.35. The van der Waals surface area contributed by atoms with Crippen LogP contribution < -0.4 is 9.47 Å². The summed E-state index contributed by atoms with van der Waals surface area (Å²) in [7, 11) is 3.45. The van der Waals surface area contributed by atoms with Crippen molar-refractivity contribution in [2.45, 2.75) is 31.2 Å². The van der Waals surface area contributed by atoms with Crippen LogP contribution in [0.1, 0.15) is 41.5 Å². The van der Waals surface area contributed by atoms with Gasteiger partial charge in [-0.3, -0.25) is 4.90 Å². The molecule has 126 valence electrons. The van der Waals surface area contributed by atoms with Gasteiger partial charge in [-0.1, -0.05) is 30.3 Å². The first-order valence-electron chi connectivity index (χ1n) is 8.84. The summed E-state index contributed by atoms with van der Waals surface area (Å²) in [6.45, 7) is 2.35. The summed E-state index contributed by atoms with van der Waals surface area (Å²) in [5.41, 5.74) is 4.29. The third-order valence-electron chi connectivity index (χ3n) is 5.53. The summed E-state index contributed by atoms with van der Waals surface area (Å²) >= 11 is 0. The third-order valence-corrected chi connectivity index (χ3v) is 5.53. The lowest BCUT2D eigenvalue weighted by molar-refractivity contribution is 0.217. The van der Waals surface area contributed by atoms with Gasteiger partial charge in [0, 0.05) is 18.5 Å². The van der Waals surface area contributed by atoms with Crippen molar-refractivity contribution in [3.63, 3.8) is 0 Å². The van der Waals surface area contributed by atoms with Crippen molar-refractivity contribution in [3.8, 4) is 11.5 Å². The maximum Gasteiger partial charge on any atom is 0.161 e. The minimum absolute atomic E-state index is 0.511. The molecule has 3 heteroatoms. The molecule has 0 radical (unpaired) electrons. The number of fused-ring (bicyclic) bond motifs is 3. The van der Waals surface area contributed by atoms with Crippen LogP contribution in [0.3, 0.4) is 0 Å². The van der Waals surface area contributed by atoms with Crippen molar-refractivity contribution in [2.75, 3.05) is 27.3 Å². The standard InChI is InChI=1S/C21H25NO2/c1-23-20-12-17-16(11-15-7-4-3-5-8-15)14-22-10-6-9-19(22)18(17)13-21(20)24-2/h3-5,7-8,12-13,16,19H,6,9-11,14H2,1-2H3/t16-,19-/m0/s1. The monoisotopic (exact) mass is 323 g/mol. The van der Waals surface area contributed by atoms with Crippen molar-refractivity contribution in [1.29, 1.82) is 0 Å². The van der Waals surface area contributed by atoms with Gasteiger partial charge < -0.3 is 9.47 Å². The van der Waals surface area contributed by atoms with Crippen LogP contribution in [0.5, 0.6) is 11.5 Å². The number of ether oxygens (including phenoxy) is 2. The normalized spacial score (nSPS) is 22.8. The highest BCUT2D eigenvalue weighted by molar-refractivity contribution is 5.51. The molecular formula is C21H25NO2. The van der Waals surface area contributed by atoms with Crippen LogP contribution >= 0.6 is 0 Å². The predicted octanol–water partition coefficient (Wildman–Crippen LogP) is 4.18. The van der Waals surface area contributed by atoms with Gasteiger partial charge in [-0.2, -0.15) is 0 Å². The van der Waals surface area contributed by atoms with Gasteiger partial charge in [0.2, 0.25) is 0 Å². The summed E-state index contributed by atoms with van der Waals surface area (Å²) in [5.74, 6) is 2.21. The van der Waals surface area contributed by atoms with Crippen molar-refractivity contribution in [1.82, 2.24) is 4.90 Å². The van der Waals surface area contributed by atoms with Crippen molar-refractivity contribution >= 4 is 0 Å². The van der Waals surface area contributed by atoms with E-state index in [1.165, 1.54) is 36.1 Å². The van der Waals surface area contributed by atoms with E-state index < -0.39 is 0 Å². The molecule has 1 fully saturated rings. The van der Waals surface area contributed by atoms with Gasteiger partial charge in [0.1, 0.15) is 0 Å². The highest BCUT2D eigenvalue weighted by Gasteiger charge is 2.36. The van der Waals surface area contributed by atoms with Crippen molar-refractivity contribution in [2.24, 2.45) is 0 Å². The summed E-state index contributed by atoms with van der Waals surface area (Å²) in [4.78, 5) is 2.65. The van der Waals surface area contributed by atoms with E-state index in [1.54, 1.807) is 14.2 Å². The molecule has 1 saturated heterocycles. The zero-order chi connectivity index (χ0) is 16.5. The summed E-state index contributed by atoms with van der Waals surface area (Å²) in [6, 6.07) is 15.8. The second-order valence-electron chi connectivity index (χ2n) is 6.88. The van der Waals surface area contributed by atoms with Gasteiger partial charge in [0.15, 0.2) is 11.5 Å². The first-order valence-corrected chi connectivity index (χ1v) is 8.84. The molecule has 0 unspecified atom stereocenters. The van der Waals surface area contributed by atoms with E-state index in [9.17, 15) is 0 Å². The molecule has 0 saturated carbocycles. The molecule has 0 amide bonds. The molecule has 2 aliphatic rings. The molecule has 2 heterocycles. The summed E-state index contributed by atoms with van der Waals surface area (Å²) in [5, 5.41) is 0. The molecular weight excluding hydrogens is 298 g/mol. The van der Waals surface area contributed by atoms with Gasteiger partial charge in [-0.15, -0.1) is 0 Å². The van der Waals surface area contributed by atoms with Crippen LogP contribution in [0.25, 0.3) is 0 Å². The Balaban J connectivity index is 1.76. The average Bonchev–Trinajstić information content (AvgIpc) is 3.10. The fourth-order valence-corrected chi connectivity index (χ4v) is 4.40. The zero-order valence-electron chi connectivity index (χ0n) is 14.5. The molecule has 0 aliphatic carbocycles. The van der Waals surface area contributed by atoms with Gasteiger partial charge in [0.05, 0.1) is 14.2 Å². The van der Waals surface area contributed by atoms with E-state index in [2.05, 4.69) is 47.4 Å². The number of hydrogen-bond donors (Lipinski definition) is 0. The second kappa shape index (κ2) is 6.48. The van der Waals surface area contributed by atoms with E-state index in [-0.39, 0.29) is 0 Å². The van der Waals surface area contributed by atoms with Crippen LogP contribution in [-0.4, -0.2) is 32.2 Å². The highest BCUT2D eigenvalue weighted by atomic mass is 16.5. The maximum atomic E-state index is 5.57. The SMILES string of the molecule is COc1cc2c(cc1OC)[C@@H]1CCCN1C[C@@H]2Cc1ccccc1. The van der Waals surface area contributed by atoms with Crippen LogP contribution in [0.2, 0.25) is 0 Å². The largest absolute Gasteiger partial charge is 0.493 e. The predicted molar refractivity (Wildman–Crippen MR) is 96.0 cm³/mol. The van der Waals surface area contributed by atoms with Gasteiger partial charge in [-0.05, 0) is 54.6 Å². The fraction of sp³-hybridized carbons (Fsp3) is 0.429. The first kappa shape index (κ1) is 15.5. The van der Waals surface area contributed by atoms with Crippen molar-refractivity contribution < 1.29 is 9.47 Å². The Morgan fingerprint density at radius 2 is 1.71 bits per heavy atom. The van der Waals surface area contributed by atoms with Crippen LogP contribution in [0.4, 0.5) is 0 Å². The quantitative estimate of drug-likeness (QED) is 0.842. The van der Waals surface area contributed by atoms with E-state index >= 15 is 0 Å². The van der Waals surface area contributed by atoms with Crippen LogP contribution in [0.15, 0.2) is 42.5 Å². The Morgan fingerprint density at radius 3 is 2.42 bits per heavy atom. The Labute approximate surface area is 144 Å². The fourth-order valence-electron chi connectivity index (χ4n) is 4.40. The summed E-state index contributed by atoms with van der Waals surface area (Å²) < 4.78 is 11.1. The lowest BCUT2D eigenvalue weighted by atomic mass is 9.82. The third kappa shape index (κ3) is 2.67. The molecule has 24 heavy (non-hydrogen) atoms. The van der Waals surface area contributed by atoms with E-state index in [1.807, 2.05) is 0 Å². The number of rotatable bonds is 4. The highest BCUT2D eigenvalue weighted by Crippen LogP contribution is 2.46. The van der Waals surface area contributed by atoms with Gasteiger partial charge in [0.25, 0.3) is 0 Å². The Morgan fingerprint density at radius 1 is 1.00 bits per heavy atom. The second-order valence-corrected chi connectivity index (χ2v) is 6.88. The van der Waals surface area contributed by atoms with E-state index in [4.69, 9.17) is 9.47 Å². The van der Waals surface area contributed by atoms with Crippen LogP contribution in [-0.2, 0) is 6.42 Å². The molecule has 0 bridgehead atoms. The van der Waals surface area contributed by atoms with Gasteiger partial charge in [-0.25, -0.2) is 0 Å². The molecule has 3 nitrogen and oxygen atoms in total. The van der Waals surface area contributed by atoms with E-state index in [0.29, 0.717) is 12.0 Å². The Kier molecular flexibility index (Phi) is 4.19. The molecule has 2 atom stereocenters. The number of nitrogens with zero attached hydrogens (tertiary/aromatic N) is 1. The first-order chi connectivity index (χ1) is 11.8. The van der Waals surface area contributed by atoms with Gasteiger partial charge >= 0.3 is 0 Å². The van der Waals surface area contributed by atoms with Crippen molar-refractivity contribution in [3.05, 3.63) is 59.2 Å². The topological polar surface area (TPSA) is 21.7 Å². The minimum atomic E-state index is 0.511. The molecule has 0 spiro atoms. The van der Waals surface area contributed by atoms with Crippen LogP contribution in [0, 0.1) is 0 Å². The zero-order valence-corrected chi connectivity index (χ0v) is 14.5. The Hall–Kier alpha value is -2.00. The number of hydrogen-bond acceptors (Lipinski definition) is 3. The minimum Gasteiger partial charge on any atom is -0.493 e. The average molecular weight is 323 g/mol. The summed E-state index contributed by atoms with van der Waals surface area (Å²) in [6.07, 6.45) is 3.61. The molecule has 0 N–H and O–H groups in total.